The molecule has 0 atom stereocenters. The van der Waals surface area contributed by atoms with Gasteiger partial charge in [0.2, 0.25) is 15.9 Å². The molecule has 1 amide bonds. The summed E-state index contributed by atoms with van der Waals surface area (Å²) in [5.41, 5.74) is 5.70. The summed E-state index contributed by atoms with van der Waals surface area (Å²) in [6, 6.07) is 4.12. The molecule has 0 heterocycles. The first kappa shape index (κ1) is 15.7. The summed E-state index contributed by atoms with van der Waals surface area (Å²) in [4.78, 5) is 12.8. The summed E-state index contributed by atoms with van der Waals surface area (Å²) in [6.45, 7) is -0.253. The number of halogens is 1. The highest BCUT2D eigenvalue weighted by molar-refractivity contribution is 7.89. The Morgan fingerprint density at radius 2 is 1.89 bits per heavy atom. The second-order valence-corrected chi connectivity index (χ2v) is 6.68. The van der Waals surface area contributed by atoms with Crippen LogP contribution in [0.5, 0.6) is 0 Å². The number of benzene rings is 1. The average molecular weight is 306 g/mol. The van der Waals surface area contributed by atoms with E-state index in [2.05, 4.69) is 0 Å². The Balaban J connectivity index is 3.07. The van der Waals surface area contributed by atoms with Crippen LogP contribution in [0, 0.1) is 0 Å². The molecule has 0 bridgehead atoms. The Morgan fingerprint density at radius 3 is 2.37 bits per heavy atom. The maximum Gasteiger partial charge on any atom is 0.245 e. The fraction of sp³-hybridized carbons (Fsp3) is 0.364. The third-order valence-corrected chi connectivity index (χ3v) is 4.63. The number of hydrogen-bond donors (Lipinski definition) is 1. The number of hydrogen-bond acceptors (Lipinski definition) is 4. The Bertz CT molecular complexity index is 587. The van der Waals surface area contributed by atoms with Crippen LogP contribution in [0.25, 0.3) is 0 Å². The zero-order valence-corrected chi connectivity index (χ0v) is 12.5. The SMILES string of the molecule is CN(C)C(=O)CN(C)S(=O)(=O)c1ccc(Cl)cc1N. The van der Waals surface area contributed by atoms with Crippen molar-refractivity contribution in [1.29, 1.82) is 0 Å². The smallest absolute Gasteiger partial charge is 0.245 e. The van der Waals surface area contributed by atoms with Gasteiger partial charge in [0.05, 0.1) is 12.2 Å². The summed E-state index contributed by atoms with van der Waals surface area (Å²) in [5.74, 6) is -0.321. The number of nitrogens with zero attached hydrogens (tertiary/aromatic N) is 2. The van der Waals surface area contributed by atoms with E-state index in [4.69, 9.17) is 17.3 Å². The van der Waals surface area contributed by atoms with Gasteiger partial charge in [0.15, 0.2) is 0 Å². The van der Waals surface area contributed by atoms with E-state index in [0.29, 0.717) is 5.02 Å². The van der Waals surface area contributed by atoms with Crippen molar-refractivity contribution in [2.75, 3.05) is 33.4 Å². The van der Waals surface area contributed by atoms with Crippen LogP contribution < -0.4 is 5.73 Å². The molecule has 1 aromatic carbocycles. The second-order valence-electron chi connectivity index (χ2n) is 4.23. The highest BCUT2D eigenvalue weighted by atomic mass is 35.5. The van der Waals surface area contributed by atoms with E-state index in [1.165, 1.54) is 30.1 Å². The first-order chi connectivity index (χ1) is 8.66. The molecule has 1 aromatic rings. The number of sulfonamides is 1. The predicted octanol–water partition coefficient (Wildman–Crippen LogP) is 0.631. The molecule has 0 aromatic heterocycles. The van der Waals surface area contributed by atoms with Gasteiger partial charge in [0.1, 0.15) is 4.90 Å². The number of carbonyl (C=O) groups excluding carboxylic acids is 1. The van der Waals surface area contributed by atoms with Gasteiger partial charge in [0, 0.05) is 26.2 Å². The van der Waals surface area contributed by atoms with E-state index in [1.807, 2.05) is 0 Å². The molecule has 0 aliphatic rings. The number of amides is 1. The molecule has 0 unspecified atom stereocenters. The van der Waals surface area contributed by atoms with E-state index in [9.17, 15) is 13.2 Å². The fourth-order valence-electron chi connectivity index (χ4n) is 1.34. The lowest BCUT2D eigenvalue weighted by atomic mass is 10.3. The summed E-state index contributed by atoms with van der Waals surface area (Å²) >= 11 is 5.72. The molecule has 6 nitrogen and oxygen atoms in total. The Hall–Kier alpha value is -1.31. The molecule has 106 valence electrons. The molecule has 0 aliphatic heterocycles. The van der Waals surface area contributed by atoms with Crippen LogP contribution in [-0.2, 0) is 14.8 Å². The first-order valence-electron chi connectivity index (χ1n) is 5.37. The monoisotopic (exact) mass is 305 g/mol. The van der Waals surface area contributed by atoms with Crippen LogP contribution in [0.4, 0.5) is 5.69 Å². The van der Waals surface area contributed by atoms with Crippen molar-refractivity contribution in [3.63, 3.8) is 0 Å². The van der Waals surface area contributed by atoms with Gasteiger partial charge >= 0.3 is 0 Å². The normalized spacial score (nSPS) is 11.6. The Kier molecular flexibility index (Phi) is 4.78. The minimum atomic E-state index is -3.81. The van der Waals surface area contributed by atoms with E-state index in [-0.39, 0.29) is 23.0 Å². The van der Waals surface area contributed by atoms with Crippen LogP contribution in [0.3, 0.4) is 0 Å². The molecule has 0 fully saturated rings. The van der Waals surface area contributed by atoms with Gasteiger partial charge in [-0.2, -0.15) is 4.31 Å². The van der Waals surface area contributed by atoms with Gasteiger partial charge in [-0.3, -0.25) is 4.79 Å². The van der Waals surface area contributed by atoms with Gasteiger partial charge in [-0.15, -0.1) is 0 Å². The number of rotatable bonds is 4. The molecule has 0 saturated heterocycles. The van der Waals surface area contributed by atoms with Gasteiger partial charge in [-0.25, -0.2) is 8.42 Å². The van der Waals surface area contributed by atoms with Crippen molar-refractivity contribution in [1.82, 2.24) is 9.21 Å². The van der Waals surface area contributed by atoms with Crippen molar-refractivity contribution >= 4 is 33.2 Å². The average Bonchev–Trinajstić information content (AvgIpc) is 2.27. The summed E-state index contributed by atoms with van der Waals surface area (Å²) in [5, 5.41) is 0.350. The minimum absolute atomic E-state index is 0.0525. The van der Waals surface area contributed by atoms with Gasteiger partial charge in [-0.1, -0.05) is 11.6 Å². The maximum absolute atomic E-state index is 12.3. The van der Waals surface area contributed by atoms with Gasteiger partial charge in [0.25, 0.3) is 0 Å². The van der Waals surface area contributed by atoms with Crippen LogP contribution in [0.15, 0.2) is 23.1 Å². The van der Waals surface area contributed by atoms with Crippen molar-refractivity contribution in [3.8, 4) is 0 Å². The van der Waals surface area contributed by atoms with Crippen LogP contribution in [-0.4, -0.2) is 51.2 Å². The zero-order valence-electron chi connectivity index (χ0n) is 10.9. The minimum Gasteiger partial charge on any atom is -0.398 e. The molecular weight excluding hydrogens is 290 g/mol. The van der Waals surface area contributed by atoms with Crippen molar-refractivity contribution in [2.24, 2.45) is 0 Å². The molecule has 1 rings (SSSR count). The largest absolute Gasteiger partial charge is 0.398 e. The Morgan fingerprint density at radius 1 is 1.32 bits per heavy atom. The standard InChI is InChI=1S/C11H16ClN3O3S/c1-14(2)11(16)7-15(3)19(17,18)10-5-4-8(12)6-9(10)13/h4-6H,7,13H2,1-3H3. The van der Waals surface area contributed by atoms with Crippen LogP contribution in [0.1, 0.15) is 0 Å². The van der Waals surface area contributed by atoms with Crippen LogP contribution >= 0.6 is 11.6 Å². The lowest BCUT2D eigenvalue weighted by molar-refractivity contribution is -0.128. The highest BCUT2D eigenvalue weighted by Gasteiger charge is 2.25. The molecule has 0 radical (unpaired) electrons. The first-order valence-corrected chi connectivity index (χ1v) is 7.19. The number of anilines is 1. The number of carbonyl (C=O) groups is 1. The third-order valence-electron chi connectivity index (χ3n) is 2.52. The van der Waals surface area contributed by atoms with Gasteiger partial charge < -0.3 is 10.6 Å². The van der Waals surface area contributed by atoms with Crippen molar-refractivity contribution in [3.05, 3.63) is 23.2 Å². The number of nitrogen functional groups attached to an aromatic ring is 1. The lowest BCUT2D eigenvalue weighted by Gasteiger charge is -2.19. The predicted molar refractivity (Wildman–Crippen MR) is 74.4 cm³/mol. The topological polar surface area (TPSA) is 83.7 Å². The fourth-order valence-corrected chi connectivity index (χ4v) is 2.73. The molecule has 8 heteroatoms. The van der Waals surface area contributed by atoms with E-state index >= 15 is 0 Å². The summed E-state index contributed by atoms with van der Waals surface area (Å²) in [6.07, 6.45) is 0. The van der Waals surface area contributed by atoms with E-state index < -0.39 is 10.0 Å². The van der Waals surface area contributed by atoms with Crippen molar-refractivity contribution < 1.29 is 13.2 Å². The highest BCUT2D eigenvalue weighted by Crippen LogP contribution is 2.24. The Labute approximate surface area is 117 Å². The number of likely N-dealkylation sites (N-methyl/N-ethyl adjacent to an activating group) is 2. The van der Waals surface area contributed by atoms with Crippen LogP contribution in [0.2, 0.25) is 5.02 Å². The number of nitrogens with two attached hydrogens (primary N) is 1. The van der Waals surface area contributed by atoms with E-state index in [0.717, 1.165) is 4.31 Å². The summed E-state index contributed by atoms with van der Waals surface area (Å²) in [7, 11) is 0.621. The lowest BCUT2D eigenvalue weighted by Crippen LogP contribution is -2.37. The quantitative estimate of drug-likeness (QED) is 0.827. The summed E-state index contributed by atoms with van der Waals surface area (Å²) < 4.78 is 25.5. The van der Waals surface area contributed by atoms with Crippen molar-refractivity contribution in [2.45, 2.75) is 4.90 Å². The zero-order chi connectivity index (χ0) is 14.8. The molecule has 0 aliphatic carbocycles. The van der Waals surface area contributed by atoms with E-state index in [1.54, 1.807) is 14.1 Å². The molecule has 19 heavy (non-hydrogen) atoms. The second kappa shape index (κ2) is 5.77. The molecule has 2 N–H and O–H groups in total. The molecule has 0 spiro atoms. The maximum atomic E-state index is 12.3. The molecular formula is C11H16ClN3O3S. The third kappa shape index (κ3) is 3.59. The molecule has 0 saturated carbocycles. The van der Waals surface area contributed by atoms with Gasteiger partial charge in [-0.05, 0) is 18.2 Å².